The Labute approximate surface area is 150 Å². The number of allylic oxidation sites excluding steroid dienone is 3. The van der Waals surface area contributed by atoms with E-state index in [1.54, 1.807) is 41.5 Å². The molecule has 0 saturated carbocycles. The van der Waals surface area contributed by atoms with Crippen LogP contribution < -0.4 is 0 Å². The van der Waals surface area contributed by atoms with Gasteiger partial charge < -0.3 is 9.47 Å². The van der Waals surface area contributed by atoms with Crippen molar-refractivity contribution in [2.45, 2.75) is 67.7 Å². The molecule has 140 valence electrons. The van der Waals surface area contributed by atoms with Gasteiger partial charge in [0.15, 0.2) is 5.78 Å². The summed E-state index contributed by atoms with van der Waals surface area (Å²) in [6.07, 6.45) is 3.23. The molecule has 0 amide bonds. The second-order valence-electron chi connectivity index (χ2n) is 8.42. The summed E-state index contributed by atoms with van der Waals surface area (Å²) < 4.78 is 10.8. The molecule has 0 aliphatic heterocycles. The van der Waals surface area contributed by atoms with Crippen molar-refractivity contribution in [3.63, 3.8) is 0 Å². The Morgan fingerprint density at radius 3 is 2.08 bits per heavy atom. The largest absolute Gasteiger partial charge is 0.465 e. The number of hydrogen-bond acceptors (Lipinski definition) is 5. The van der Waals surface area contributed by atoms with Gasteiger partial charge in [0, 0.05) is 12.8 Å². The third-order valence-corrected chi connectivity index (χ3v) is 3.78. The van der Waals surface area contributed by atoms with Gasteiger partial charge in [0.25, 0.3) is 0 Å². The van der Waals surface area contributed by atoms with E-state index in [2.05, 4.69) is 0 Å². The lowest BCUT2D eigenvalue weighted by Crippen LogP contribution is -2.26. The van der Waals surface area contributed by atoms with E-state index >= 15 is 0 Å². The van der Waals surface area contributed by atoms with Gasteiger partial charge in [-0.15, -0.1) is 0 Å². The molecule has 5 heteroatoms. The van der Waals surface area contributed by atoms with E-state index in [0.717, 1.165) is 5.57 Å². The molecule has 0 radical (unpaired) electrons. The van der Waals surface area contributed by atoms with Gasteiger partial charge in [0.2, 0.25) is 0 Å². The highest BCUT2D eigenvalue weighted by atomic mass is 16.6. The number of carbonyl (C=O) groups is 3. The molecule has 0 aromatic heterocycles. The van der Waals surface area contributed by atoms with E-state index in [1.165, 1.54) is 0 Å². The number of ketones is 1. The fourth-order valence-corrected chi connectivity index (χ4v) is 2.19. The lowest BCUT2D eigenvalue weighted by Gasteiger charge is -2.23. The van der Waals surface area contributed by atoms with Crippen molar-refractivity contribution in [3.05, 3.63) is 23.0 Å². The third-order valence-electron chi connectivity index (χ3n) is 3.78. The van der Waals surface area contributed by atoms with Gasteiger partial charge in [0.05, 0.1) is 23.0 Å². The second-order valence-corrected chi connectivity index (χ2v) is 8.42. The fourth-order valence-electron chi connectivity index (χ4n) is 2.19. The summed E-state index contributed by atoms with van der Waals surface area (Å²) in [5.41, 5.74) is -0.0551. The molecular weight excluding hydrogens is 320 g/mol. The molecule has 5 nitrogen and oxygen atoms in total. The van der Waals surface area contributed by atoms with Crippen LogP contribution >= 0.6 is 0 Å². The topological polar surface area (TPSA) is 69.7 Å². The molecule has 0 unspecified atom stereocenters. The molecule has 25 heavy (non-hydrogen) atoms. The van der Waals surface area contributed by atoms with Gasteiger partial charge >= 0.3 is 11.9 Å². The molecule has 0 saturated heterocycles. The third kappa shape index (κ3) is 6.15. The monoisotopic (exact) mass is 350 g/mol. The van der Waals surface area contributed by atoms with Crippen molar-refractivity contribution in [3.8, 4) is 0 Å². The second kappa shape index (κ2) is 7.98. The van der Waals surface area contributed by atoms with Crippen LogP contribution in [0.3, 0.4) is 0 Å². The zero-order valence-corrected chi connectivity index (χ0v) is 16.4. The molecule has 1 aliphatic carbocycles. The van der Waals surface area contributed by atoms with E-state index < -0.39 is 16.8 Å². The van der Waals surface area contributed by atoms with Crippen LogP contribution in [-0.2, 0) is 23.9 Å². The lowest BCUT2D eigenvalue weighted by atomic mass is 9.91. The molecule has 0 heterocycles. The Morgan fingerprint density at radius 1 is 1.04 bits per heavy atom. The Bertz CT molecular complexity index is 609. The quantitative estimate of drug-likeness (QED) is 0.433. The van der Waals surface area contributed by atoms with Crippen LogP contribution in [0.2, 0.25) is 0 Å². The summed E-state index contributed by atoms with van der Waals surface area (Å²) in [7, 11) is 0. The van der Waals surface area contributed by atoms with Crippen molar-refractivity contribution in [1.82, 2.24) is 0 Å². The van der Waals surface area contributed by atoms with E-state index in [1.807, 2.05) is 13.0 Å². The van der Waals surface area contributed by atoms with Crippen LogP contribution in [-0.4, -0.2) is 24.3 Å². The van der Waals surface area contributed by atoms with Crippen LogP contribution in [0.15, 0.2) is 23.0 Å². The fraction of sp³-hybridized carbons (Fsp3) is 0.650. The number of ether oxygens (including phenoxy) is 2. The van der Waals surface area contributed by atoms with E-state index in [-0.39, 0.29) is 24.8 Å². The number of rotatable bonds is 4. The smallest absolute Gasteiger partial charge is 0.316 e. The van der Waals surface area contributed by atoms with E-state index in [9.17, 15) is 14.4 Å². The van der Waals surface area contributed by atoms with Gasteiger partial charge in [-0.1, -0.05) is 6.08 Å². The summed E-state index contributed by atoms with van der Waals surface area (Å²) in [6, 6.07) is 0. The molecule has 0 spiro atoms. The SMILES string of the molecule is CC1=CCCC(=O)/C1=C(/CCOC(=O)C(C)(C)C)OC(=O)C(C)(C)C. The molecular formula is C20H30O5. The molecule has 0 N–H and O–H groups in total. The first-order valence-corrected chi connectivity index (χ1v) is 8.67. The van der Waals surface area contributed by atoms with E-state index in [0.29, 0.717) is 24.2 Å². The first-order chi connectivity index (χ1) is 11.3. The van der Waals surface area contributed by atoms with Gasteiger partial charge in [-0.2, -0.15) is 0 Å². The molecule has 0 bridgehead atoms. The maximum absolute atomic E-state index is 12.3. The average Bonchev–Trinajstić information content (AvgIpc) is 2.44. The van der Waals surface area contributed by atoms with Crippen LogP contribution in [0.4, 0.5) is 0 Å². The predicted octanol–water partition coefficient (Wildman–Crippen LogP) is 4.12. The zero-order valence-electron chi connectivity index (χ0n) is 16.4. The van der Waals surface area contributed by atoms with Crippen molar-refractivity contribution >= 4 is 17.7 Å². The molecule has 0 atom stereocenters. The van der Waals surface area contributed by atoms with Crippen LogP contribution in [0.1, 0.15) is 67.7 Å². The van der Waals surface area contributed by atoms with Crippen molar-refractivity contribution in [1.29, 1.82) is 0 Å². The Balaban J connectivity index is 3.03. The van der Waals surface area contributed by atoms with Crippen molar-refractivity contribution in [2.75, 3.05) is 6.61 Å². The summed E-state index contributed by atoms with van der Waals surface area (Å²) in [5, 5.41) is 0. The summed E-state index contributed by atoms with van der Waals surface area (Å²) in [4.78, 5) is 36.5. The Morgan fingerprint density at radius 2 is 1.60 bits per heavy atom. The van der Waals surface area contributed by atoms with Crippen molar-refractivity contribution < 1.29 is 23.9 Å². The molecule has 1 rings (SSSR count). The van der Waals surface area contributed by atoms with Crippen LogP contribution in [0, 0.1) is 10.8 Å². The predicted molar refractivity (Wildman–Crippen MR) is 95.6 cm³/mol. The maximum Gasteiger partial charge on any atom is 0.316 e. The standard InChI is InChI=1S/C20H30O5/c1-13-9-8-10-14(21)16(13)15(25-18(23)20(5,6)7)11-12-24-17(22)19(2,3)4/h9H,8,10-12H2,1-7H3/b16-15-. The van der Waals surface area contributed by atoms with E-state index in [4.69, 9.17) is 9.47 Å². The highest BCUT2D eigenvalue weighted by Crippen LogP contribution is 2.28. The zero-order chi connectivity index (χ0) is 19.4. The Hall–Kier alpha value is -1.91. The summed E-state index contributed by atoms with van der Waals surface area (Å²) in [6.45, 7) is 12.5. The lowest BCUT2D eigenvalue weighted by molar-refractivity contribution is -0.153. The highest BCUT2D eigenvalue weighted by molar-refractivity contribution is 6.01. The molecule has 0 fully saturated rings. The average molecular weight is 350 g/mol. The molecule has 0 aromatic carbocycles. The minimum Gasteiger partial charge on any atom is -0.465 e. The Kier molecular flexibility index (Phi) is 6.75. The first-order valence-electron chi connectivity index (χ1n) is 8.67. The highest BCUT2D eigenvalue weighted by Gasteiger charge is 2.29. The molecule has 0 aromatic rings. The number of hydrogen-bond donors (Lipinski definition) is 0. The maximum atomic E-state index is 12.3. The van der Waals surface area contributed by atoms with Gasteiger partial charge in [-0.3, -0.25) is 14.4 Å². The minimum absolute atomic E-state index is 0.0427. The van der Waals surface area contributed by atoms with Gasteiger partial charge in [-0.25, -0.2) is 0 Å². The van der Waals surface area contributed by atoms with Gasteiger partial charge in [0.1, 0.15) is 5.76 Å². The number of Topliss-reactive ketones (excluding diaryl/α,β-unsaturated/α-hetero) is 1. The van der Waals surface area contributed by atoms with Crippen LogP contribution in [0.25, 0.3) is 0 Å². The minimum atomic E-state index is -0.691. The molecule has 1 aliphatic rings. The number of carbonyl (C=O) groups excluding carboxylic acids is 3. The normalized spacial score (nSPS) is 17.7. The van der Waals surface area contributed by atoms with Crippen molar-refractivity contribution in [2.24, 2.45) is 10.8 Å². The van der Waals surface area contributed by atoms with Crippen LogP contribution in [0.5, 0.6) is 0 Å². The first kappa shape index (κ1) is 21.1. The summed E-state index contributed by atoms with van der Waals surface area (Å²) in [5.74, 6) is -0.497. The summed E-state index contributed by atoms with van der Waals surface area (Å²) >= 11 is 0. The van der Waals surface area contributed by atoms with Gasteiger partial charge in [-0.05, 0) is 60.5 Å². The number of esters is 2.